The van der Waals surface area contributed by atoms with Crippen molar-refractivity contribution in [3.8, 4) is 0 Å². The van der Waals surface area contributed by atoms with Crippen LogP contribution in [0.2, 0.25) is 0 Å². The van der Waals surface area contributed by atoms with Gasteiger partial charge in [-0.05, 0) is 17.7 Å². The number of carbonyl (C=O) groups is 1. The van der Waals surface area contributed by atoms with Crippen molar-refractivity contribution in [1.29, 1.82) is 0 Å². The molecule has 1 aromatic heterocycles. The number of benzene rings is 1. The molecule has 0 atom stereocenters. The van der Waals surface area contributed by atoms with Gasteiger partial charge >= 0.3 is 6.18 Å². The van der Waals surface area contributed by atoms with E-state index in [0.29, 0.717) is 6.54 Å². The SMILES string of the molecule is NCc1cccc2c1ccn2CC(=O)NCC(F)(F)F. The quantitative estimate of drug-likeness (QED) is 0.899. The lowest BCUT2D eigenvalue weighted by molar-refractivity contribution is -0.138. The van der Waals surface area contributed by atoms with Crippen LogP contribution in [0.15, 0.2) is 30.5 Å². The maximum atomic E-state index is 12.0. The third kappa shape index (κ3) is 3.30. The molecule has 2 rings (SSSR count). The fraction of sp³-hybridized carbons (Fsp3) is 0.308. The first kappa shape index (κ1) is 14.4. The molecule has 3 N–H and O–H groups in total. The number of rotatable bonds is 4. The number of aromatic nitrogens is 1. The predicted octanol–water partition coefficient (Wildman–Crippen LogP) is 1.78. The molecule has 7 heteroatoms. The Hall–Kier alpha value is -2.02. The summed E-state index contributed by atoms with van der Waals surface area (Å²) in [5.74, 6) is -0.682. The van der Waals surface area contributed by atoms with Crippen molar-refractivity contribution in [2.75, 3.05) is 6.54 Å². The van der Waals surface area contributed by atoms with Crippen LogP contribution in [0.25, 0.3) is 10.9 Å². The normalized spacial score (nSPS) is 11.8. The standard InChI is InChI=1S/C13H14F3N3O/c14-13(15,16)8-18-12(20)7-19-5-4-10-9(6-17)2-1-3-11(10)19/h1-5H,6-8,17H2,(H,18,20). The van der Waals surface area contributed by atoms with Crippen molar-refractivity contribution in [2.24, 2.45) is 5.73 Å². The molecule has 0 radical (unpaired) electrons. The van der Waals surface area contributed by atoms with E-state index >= 15 is 0 Å². The Morgan fingerprint density at radius 2 is 2.05 bits per heavy atom. The molecule has 0 aliphatic rings. The van der Waals surface area contributed by atoms with Crippen LogP contribution >= 0.6 is 0 Å². The Morgan fingerprint density at radius 1 is 1.30 bits per heavy atom. The number of halogens is 3. The van der Waals surface area contributed by atoms with Gasteiger partial charge in [-0.25, -0.2) is 0 Å². The van der Waals surface area contributed by atoms with E-state index in [4.69, 9.17) is 5.73 Å². The van der Waals surface area contributed by atoms with E-state index in [1.165, 1.54) is 0 Å². The minimum Gasteiger partial charge on any atom is -0.345 e. The molecule has 0 spiro atoms. The molecular formula is C13H14F3N3O. The Bertz CT molecular complexity index is 619. The highest BCUT2D eigenvalue weighted by atomic mass is 19.4. The lowest BCUT2D eigenvalue weighted by Crippen LogP contribution is -2.35. The van der Waals surface area contributed by atoms with Gasteiger partial charge in [0, 0.05) is 23.6 Å². The maximum absolute atomic E-state index is 12.0. The Morgan fingerprint density at radius 3 is 2.70 bits per heavy atom. The Labute approximate surface area is 113 Å². The molecule has 0 saturated heterocycles. The second-order valence-corrected chi connectivity index (χ2v) is 4.39. The third-order valence-electron chi connectivity index (χ3n) is 2.92. The van der Waals surface area contributed by atoms with E-state index in [-0.39, 0.29) is 6.54 Å². The molecule has 4 nitrogen and oxygen atoms in total. The van der Waals surface area contributed by atoms with Crippen molar-refractivity contribution in [3.05, 3.63) is 36.0 Å². The fourth-order valence-electron chi connectivity index (χ4n) is 2.01. The summed E-state index contributed by atoms with van der Waals surface area (Å²) in [5.41, 5.74) is 7.31. The zero-order valence-corrected chi connectivity index (χ0v) is 10.6. The molecule has 0 aliphatic heterocycles. The molecule has 0 bridgehead atoms. The second-order valence-electron chi connectivity index (χ2n) is 4.39. The molecular weight excluding hydrogens is 271 g/mol. The van der Waals surface area contributed by atoms with Crippen molar-refractivity contribution < 1.29 is 18.0 Å². The number of amides is 1. The first-order valence-electron chi connectivity index (χ1n) is 6.01. The highest BCUT2D eigenvalue weighted by Crippen LogP contribution is 2.20. The molecule has 0 aliphatic carbocycles. The number of carbonyl (C=O) groups excluding carboxylic acids is 1. The van der Waals surface area contributed by atoms with Crippen LogP contribution in [0.5, 0.6) is 0 Å². The number of fused-ring (bicyclic) bond motifs is 1. The van der Waals surface area contributed by atoms with Crippen LogP contribution in [-0.4, -0.2) is 23.2 Å². The van der Waals surface area contributed by atoms with Crippen molar-refractivity contribution in [1.82, 2.24) is 9.88 Å². The molecule has 108 valence electrons. The number of hydrogen-bond donors (Lipinski definition) is 2. The summed E-state index contributed by atoms with van der Waals surface area (Å²) in [6.45, 7) is -1.12. The van der Waals surface area contributed by atoms with E-state index in [2.05, 4.69) is 0 Å². The minimum absolute atomic E-state index is 0.159. The van der Waals surface area contributed by atoms with Gasteiger partial charge in [0.2, 0.25) is 5.91 Å². The number of nitrogens with two attached hydrogens (primary N) is 1. The summed E-state index contributed by atoms with van der Waals surface area (Å²) in [5, 5.41) is 2.75. The fourth-order valence-corrected chi connectivity index (χ4v) is 2.01. The van der Waals surface area contributed by atoms with E-state index in [9.17, 15) is 18.0 Å². The molecule has 0 unspecified atom stereocenters. The topological polar surface area (TPSA) is 60.0 Å². The Kier molecular flexibility index (Phi) is 3.99. The van der Waals surface area contributed by atoms with E-state index in [1.54, 1.807) is 29.0 Å². The number of hydrogen-bond acceptors (Lipinski definition) is 2. The van der Waals surface area contributed by atoms with Crippen LogP contribution in [-0.2, 0) is 17.9 Å². The summed E-state index contributed by atoms with van der Waals surface area (Å²) in [6, 6.07) is 7.27. The highest BCUT2D eigenvalue weighted by Gasteiger charge is 2.27. The summed E-state index contributed by atoms with van der Waals surface area (Å²) in [4.78, 5) is 11.5. The van der Waals surface area contributed by atoms with Gasteiger partial charge in [-0.3, -0.25) is 4.79 Å². The van der Waals surface area contributed by atoms with Gasteiger partial charge in [-0.1, -0.05) is 12.1 Å². The molecule has 1 heterocycles. The molecule has 1 aromatic carbocycles. The van der Waals surface area contributed by atoms with Crippen LogP contribution in [0.4, 0.5) is 13.2 Å². The zero-order chi connectivity index (χ0) is 14.8. The second kappa shape index (κ2) is 5.54. The first-order chi connectivity index (χ1) is 9.40. The summed E-state index contributed by atoms with van der Waals surface area (Å²) < 4.78 is 37.6. The smallest absolute Gasteiger partial charge is 0.345 e. The van der Waals surface area contributed by atoms with Crippen molar-refractivity contribution >= 4 is 16.8 Å². The third-order valence-corrected chi connectivity index (χ3v) is 2.92. The van der Waals surface area contributed by atoms with Gasteiger partial charge in [0.25, 0.3) is 0 Å². The van der Waals surface area contributed by atoms with Crippen LogP contribution in [0.3, 0.4) is 0 Å². The van der Waals surface area contributed by atoms with Gasteiger partial charge < -0.3 is 15.6 Å². The molecule has 20 heavy (non-hydrogen) atoms. The number of alkyl halides is 3. The highest BCUT2D eigenvalue weighted by molar-refractivity contribution is 5.85. The number of nitrogens with zero attached hydrogens (tertiary/aromatic N) is 1. The Balaban J connectivity index is 2.12. The lowest BCUT2D eigenvalue weighted by atomic mass is 10.1. The number of nitrogens with one attached hydrogen (secondary N) is 1. The van der Waals surface area contributed by atoms with Gasteiger partial charge in [0.1, 0.15) is 13.1 Å². The van der Waals surface area contributed by atoms with Gasteiger partial charge in [-0.2, -0.15) is 13.2 Å². The van der Waals surface area contributed by atoms with Gasteiger partial charge in [0.05, 0.1) is 0 Å². The largest absolute Gasteiger partial charge is 0.405 e. The monoisotopic (exact) mass is 285 g/mol. The zero-order valence-electron chi connectivity index (χ0n) is 10.6. The maximum Gasteiger partial charge on any atom is 0.405 e. The van der Waals surface area contributed by atoms with Crippen LogP contribution < -0.4 is 11.1 Å². The first-order valence-corrected chi connectivity index (χ1v) is 6.01. The summed E-state index contributed by atoms with van der Waals surface area (Å²) >= 11 is 0. The van der Waals surface area contributed by atoms with E-state index in [1.807, 2.05) is 11.4 Å². The van der Waals surface area contributed by atoms with Gasteiger partial charge in [-0.15, -0.1) is 0 Å². The average Bonchev–Trinajstić information content (AvgIpc) is 2.79. The van der Waals surface area contributed by atoms with Gasteiger partial charge in [0.15, 0.2) is 0 Å². The summed E-state index contributed by atoms with van der Waals surface area (Å²) in [7, 11) is 0. The van der Waals surface area contributed by atoms with Crippen LogP contribution in [0, 0.1) is 0 Å². The summed E-state index contributed by atoms with van der Waals surface area (Å²) in [6.07, 6.45) is -2.74. The molecule has 1 amide bonds. The predicted molar refractivity (Wildman–Crippen MR) is 68.9 cm³/mol. The molecule has 0 saturated carbocycles. The molecule has 2 aromatic rings. The minimum atomic E-state index is -4.40. The van der Waals surface area contributed by atoms with Crippen LogP contribution in [0.1, 0.15) is 5.56 Å². The van der Waals surface area contributed by atoms with Crippen molar-refractivity contribution in [3.63, 3.8) is 0 Å². The molecule has 0 fully saturated rings. The van der Waals surface area contributed by atoms with E-state index < -0.39 is 18.6 Å². The average molecular weight is 285 g/mol. The lowest BCUT2D eigenvalue weighted by Gasteiger charge is -2.10. The van der Waals surface area contributed by atoms with Crippen molar-refractivity contribution in [2.45, 2.75) is 19.3 Å². The van der Waals surface area contributed by atoms with E-state index in [0.717, 1.165) is 16.5 Å².